The molecule has 1 saturated heterocycles. The van der Waals surface area contributed by atoms with Crippen molar-refractivity contribution < 1.29 is 4.74 Å². The van der Waals surface area contributed by atoms with E-state index >= 15 is 0 Å². The van der Waals surface area contributed by atoms with Crippen molar-refractivity contribution in [3.8, 4) is 0 Å². The Hall–Kier alpha value is -0.120. The molecule has 0 saturated carbocycles. The molecule has 0 amide bonds. The normalized spacial score (nSPS) is 21.9. The second kappa shape index (κ2) is 6.58. The Kier molecular flexibility index (Phi) is 5.73. The maximum absolute atomic E-state index is 5.49. The molecule has 1 unspecified atom stereocenters. The Labute approximate surface area is 101 Å². The van der Waals surface area contributed by atoms with Crippen LogP contribution in [0.25, 0.3) is 0 Å². The van der Waals surface area contributed by atoms with Crippen molar-refractivity contribution in [3.05, 3.63) is 0 Å². The lowest BCUT2D eigenvalue weighted by Crippen LogP contribution is -2.40. The third-order valence-corrected chi connectivity index (χ3v) is 3.62. The van der Waals surface area contributed by atoms with E-state index in [0.29, 0.717) is 0 Å². The summed E-state index contributed by atoms with van der Waals surface area (Å²) in [4.78, 5) is 2.63. The van der Waals surface area contributed by atoms with E-state index in [2.05, 4.69) is 31.0 Å². The van der Waals surface area contributed by atoms with Crippen molar-refractivity contribution in [2.75, 3.05) is 33.3 Å². The number of hydrogen-bond donors (Lipinski definition) is 1. The number of nitrogens with zero attached hydrogens (tertiary/aromatic N) is 1. The minimum absolute atomic E-state index is 0.0119. The highest BCUT2D eigenvalue weighted by atomic mass is 16.5. The molecule has 1 N–H and O–H groups in total. The Morgan fingerprint density at radius 1 is 1.38 bits per heavy atom. The van der Waals surface area contributed by atoms with Gasteiger partial charge in [-0.05, 0) is 46.2 Å². The second-order valence-corrected chi connectivity index (χ2v) is 5.40. The van der Waals surface area contributed by atoms with Gasteiger partial charge >= 0.3 is 0 Å². The van der Waals surface area contributed by atoms with Gasteiger partial charge in [0, 0.05) is 26.2 Å². The van der Waals surface area contributed by atoms with Crippen LogP contribution in [0.4, 0.5) is 0 Å². The minimum Gasteiger partial charge on any atom is -0.379 e. The van der Waals surface area contributed by atoms with E-state index in [0.717, 1.165) is 25.6 Å². The van der Waals surface area contributed by atoms with Crippen molar-refractivity contribution in [1.82, 2.24) is 10.2 Å². The van der Waals surface area contributed by atoms with Gasteiger partial charge in [-0.3, -0.25) is 4.90 Å². The van der Waals surface area contributed by atoms with Gasteiger partial charge in [0.2, 0.25) is 0 Å². The molecule has 0 aromatic heterocycles. The smallest absolute Gasteiger partial charge is 0.0634 e. The molecule has 1 atom stereocenters. The second-order valence-electron chi connectivity index (χ2n) is 5.40. The lowest BCUT2D eigenvalue weighted by atomic mass is 10.0. The average molecular weight is 228 g/mol. The maximum atomic E-state index is 5.49. The molecule has 1 rings (SSSR count). The van der Waals surface area contributed by atoms with E-state index in [-0.39, 0.29) is 5.60 Å². The summed E-state index contributed by atoms with van der Waals surface area (Å²) in [5, 5.41) is 3.45. The number of rotatable bonds is 7. The standard InChI is InChI=1S/C13H28N2O/c1-5-9-15(12-6-8-14-11-12)10-7-13(2,3)16-4/h12,14H,5-11H2,1-4H3. The number of methoxy groups -OCH3 is 1. The number of hydrogen-bond acceptors (Lipinski definition) is 3. The SMILES string of the molecule is CCCN(CCC(C)(C)OC)C1CCNC1. The zero-order valence-corrected chi connectivity index (χ0v) is 11.4. The molecule has 0 aliphatic carbocycles. The summed E-state index contributed by atoms with van der Waals surface area (Å²) in [6.45, 7) is 11.3. The largest absolute Gasteiger partial charge is 0.379 e. The summed E-state index contributed by atoms with van der Waals surface area (Å²) in [7, 11) is 1.81. The summed E-state index contributed by atoms with van der Waals surface area (Å²) < 4.78 is 5.49. The first-order chi connectivity index (χ1) is 7.59. The van der Waals surface area contributed by atoms with E-state index in [1.807, 2.05) is 0 Å². The van der Waals surface area contributed by atoms with Crippen molar-refractivity contribution in [1.29, 1.82) is 0 Å². The van der Waals surface area contributed by atoms with Gasteiger partial charge in [0.15, 0.2) is 0 Å². The Morgan fingerprint density at radius 2 is 2.12 bits per heavy atom. The lowest BCUT2D eigenvalue weighted by Gasteiger charge is -2.32. The zero-order chi connectivity index (χ0) is 12.0. The maximum Gasteiger partial charge on any atom is 0.0634 e. The van der Waals surface area contributed by atoms with Crippen molar-refractivity contribution in [3.63, 3.8) is 0 Å². The molecule has 96 valence electrons. The first-order valence-corrected chi connectivity index (χ1v) is 6.59. The molecule has 1 aliphatic rings. The molecule has 1 aliphatic heterocycles. The number of ether oxygens (including phenoxy) is 1. The highest BCUT2D eigenvalue weighted by molar-refractivity contribution is 4.82. The summed E-state index contributed by atoms with van der Waals surface area (Å²) in [6.07, 6.45) is 3.65. The highest BCUT2D eigenvalue weighted by Gasteiger charge is 2.24. The highest BCUT2D eigenvalue weighted by Crippen LogP contribution is 2.16. The van der Waals surface area contributed by atoms with Crippen LogP contribution in [-0.4, -0.2) is 49.8 Å². The van der Waals surface area contributed by atoms with Crippen molar-refractivity contribution in [2.24, 2.45) is 0 Å². The molecular formula is C13H28N2O. The quantitative estimate of drug-likeness (QED) is 0.720. The minimum atomic E-state index is 0.0119. The van der Waals surface area contributed by atoms with Crippen molar-refractivity contribution in [2.45, 2.75) is 51.7 Å². The average Bonchev–Trinajstić information content (AvgIpc) is 2.77. The van der Waals surface area contributed by atoms with Gasteiger partial charge in [-0.1, -0.05) is 6.92 Å². The van der Waals surface area contributed by atoms with E-state index in [9.17, 15) is 0 Å². The number of nitrogens with one attached hydrogen (secondary N) is 1. The molecular weight excluding hydrogens is 200 g/mol. The lowest BCUT2D eigenvalue weighted by molar-refractivity contribution is 0.00450. The molecule has 3 heteroatoms. The molecule has 0 bridgehead atoms. The van der Waals surface area contributed by atoms with Crippen LogP contribution in [0.3, 0.4) is 0 Å². The van der Waals surface area contributed by atoms with Gasteiger partial charge in [-0.25, -0.2) is 0 Å². The van der Waals surface area contributed by atoms with Crippen LogP contribution in [0.5, 0.6) is 0 Å². The fourth-order valence-corrected chi connectivity index (χ4v) is 2.23. The van der Waals surface area contributed by atoms with Gasteiger partial charge in [0.25, 0.3) is 0 Å². The van der Waals surface area contributed by atoms with Crippen LogP contribution in [0.2, 0.25) is 0 Å². The van der Waals surface area contributed by atoms with E-state index in [1.165, 1.54) is 25.9 Å². The van der Waals surface area contributed by atoms with Crippen LogP contribution in [0.15, 0.2) is 0 Å². The molecule has 1 heterocycles. The van der Waals surface area contributed by atoms with Crippen LogP contribution in [0.1, 0.15) is 40.0 Å². The van der Waals surface area contributed by atoms with Gasteiger partial charge in [-0.2, -0.15) is 0 Å². The molecule has 0 spiro atoms. The monoisotopic (exact) mass is 228 g/mol. The van der Waals surface area contributed by atoms with Gasteiger partial charge < -0.3 is 10.1 Å². The first-order valence-electron chi connectivity index (χ1n) is 6.59. The molecule has 0 aromatic carbocycles. The van der Waals surface area contributed by atoms with Crippen LogP contribution >= 0.6 is 0 Å². The van der Waals surface area contributed by atoms with Gasteiger partial charge in [-0.15, -0.1) is 0 Å². The fraction of sp³-hybridized carbons (Fsp3) is 1.00. The Morgan fingerprint density at radius 3 is 2.62 bits per heavy atom. The van der Waals surface area contributed by atoms with E-state index < -0.39 is 0 Å². The van der Waals surface area contributed by atoms with Crippen LogP contribution < -0.4 is 5.32 Å². The fourth-order valence-electron chi connectivity index (χ4n) is 2.23. The summed E-state index contributed by atoms with van der Waals surface area (Å²) in [5.41, 5.74) is 0.0119. The molecule has 0 radical (unpaired) electrons. The Balaban J connectivity index is 2.38. The summed E-state index contributed by atoms with van der Waals surface area (Å²) in [5.74, 6) is 0. The Bertz CT molecular complexity index is 188. The molecule has 1 fully saturated rings. The van der Waals surface area contributed by atoms with E-state index in [4.69, 9.17) is 4.74 Å². The third kappa shape index (κ3) is 4.40. The van der Waals surface area contributed by atoms with E-state index in [1.54, 1.807) is 7.11 Å². The van der Waals surface area contributed by atoms with Crippen LogP contribution in [-0.2, 0) is 4.74 Å². The van der Waals surface area contributed by atoms with Crippen molar-refractivity contribution >= 4 is 0 Å². The predicted octanol–water partition coefficient (Wildman–Crippen LogP) is 1.88. The molecule has 16 heavy (non-hydrogen) atoms. The third-order valence-electron chi connectivity index (χ3n) is 3.62. The molecule has 0 aromatic rings. The summed E-state index contributed by atoms with van der Waals surface area (Å²) in [6, 6.07) is 0.743. The van der Waals surface area contributed by atoms with Gasteiger partial charge in [0.1, 0.15) is 0 Å². The zero-order valence-electron chi connectivity index (χ0n) is 11.4. The van der Waals surface area contributed by atoms with Crippen LogP contribution in [0, 0.1) is 0 Å². The summed E-state index contributed by atoms with van der Waals surface area (Å²) >= 11 is 0. The first kappa shape index (κ1) is 13.9. The topological polar surface area (TPSA) is 24.5 Å². The molecule has 3 nitrogen and oxygen atoms in total. The van der Waals surface area contributed by atoms with Gasteiger partial charge in [0.05, 0.1) is 5.60 Å². The predicted molar refractivity (Wildman–Crippen MR) is 68.8 cm³/mol.